The van der Waals surface area contributed by atoms with Crippen LogP contribution in [0.3, 0.4) is 0 Å². The topological polar surface area (TPSA) is 69.7 Å². The number of para-hydroxylation sites is 1. The lowest BCUT2D eigenvalue weighted by Crippen LogP contribution is -2.39. The number of hydrogen-bond donors (Lipinski definition) is 1. The smallest absolute Gasteiger partial charge is 0.324 e. The summed E-state index contributed by atoms with van der Waals surface area (Å²) in [5.41, 5.74) is 3.14. The predicted octanol–water partition coefficient (Wildman–Crippen LogP) is 4.87. The Labute approximate surface area is 182 Å². The number of halogens is 1. The maximum atomic E-state index is 13.2. The Morgan fingerprint density at radius 3 is 2.06 bits per heavy atom. The monoisotopic (exact) mass is 425 g/mol. The summed E-state index contributed by atoms with van der Waals surface area (Å²) < 4.78 is 13.2. The zero-order valence-corrected chi connectivity index (χ0v) is 18.5. The summed E-state index contributed by atoms with van der Waals surface area (Å²) in [5, 5.41) is 2.93. The fraction of sp³-hybridized carbons (Fsp3) is 0.375. The van der Waals surface area contributed by atoms with Crippen molar-refractivity contribution in [1.82, 2.24) is 4.90 Å². The van der Waals surface area contributed by atoms with Crippen LogP contribution in [0.4, 0.5) is 20.6 Å². The van der Waals surface area contributed by atoms with Gasteiger partial charge in [-0.25, -0.2) is 9.18 Å². The molecular weight excluding hydrogens is 397 g/mol. The van der Waals surface area contributed by atoms with E-state index in [4.69, 9.17) is 0 Å². The van der Waals surface area contributed by atoms with E-state index in [1.165, 1.54) is 29.2 Å². The van der Waals surface area contributed by atoms with Crippen LogP contribution in [0, 0.1) is 5.82 Å². The van der Waals surface area contributed by atoms with Crippen LogP contribution in [0.1, 0.15) is 57.6 Å². The third kappa shape index (κ3) is 4.45. The van der Waals surface area contributed by atoms with E-state index in [0.29, 0.717) is 5.69 Å². The minimum absolute atomic E-state index is 0.193. The summed E-state index contributed by atoms with van der Waals surface area (Å²) in [6.07, 6.45) is 0. The quantitative estimate of drug-likeness (QED) is 0.672. The van der Waals surface area contributed by atoms with E-state index < -0.39 is 29.7 Å². The van der Waals surface area contributed by atoms with Crippen molar-refractivity contribution in [2.24, 2.45) is 0 Å². The number of hydrogen-bond acceptors (Lipinski definition) is 3. The van der Waals surface area contributed by atoms with Crippen molar-refractivity contribution in [3.63, 3.8) is 0 Å². The summed E-state index contributed by atoms with van der Waals surface area (Å²) in [6, 6.07) is 9.86. The zero-order valence-electron chi connectivity index (χ0n) is 18.5. The van der Waals surface area contributed by atoms with Crippen LogP contribution in [-0.4, -0.2) is 35.3 Å². The van der Waals surface area contributed by atoms with Crippen molar-refractivity contribution < 1.29 is 18.8 Å². The lowest BCUT2D eigenvalue weighted by atomic mass is 9.92. The average molecular weight is 426 g/mol. The number of anilines is 2. The molecule has 2 aromatic carbocycles. The third-order valence-corrected chi connectivity index (χ3v) is 5.49. The summed E-state index contributed by atoms with van der Waals surface area (Å²) >= 11 is 0. The normalized spacial score (nSPS) is 16.6. The number of urea groups is 1. The van der Waals surface area contributed by atoms with Gasteiger partial charge in [0, 0.05) is 11.4 Å². The maximum Gasteiger partial charge on any atom is 0.332 e. The molecule has 1 atom stereocenters. The number of carbonyl (C=O) groups excluding carboxylic acids is 3. The summed E-state index contributed by atoms with van der Waals surface area (Å²) in [7, 11) is 0. The highest BCUT2D eigenvalue weighted by atomic mass is 19.1. The van der Waals surface area contributed by atoms with Gasteiger partial charge in [-0.15, -0.1) is 0 Å². The number of rotatable bonds is 6. The molecule has 0 saturated carbocycles. The van der Waals surface area contributed by atoms with Gasteiger partial charge in [0.05, 0.1) is 0 Å². The number of nitrogens with one attached hydrogen (secondary N) is 1. The highest BCUT2D eigenvalue weighted by Crippen LogP contribution is 2.32. The van der Waals surface area contributed by atoms with Crippen molar-refractivity contribution in [2.45, 2.75) is 52.5 Å². The predicted molar refractivity (Wildman–Crippen MR) is 119 cm³/mol. The Hall–Kier alpha value is -3.22. The average Bonchev–Trinajstić information content (AvgIpc) is 2.92. The fourth-order valence-electron chi connectivity index (χ4n) is 3.83. The molecule has 6 nitrogen and oxygen atoms in total. The van der Waals surface area contributed by atoms with Crippen LogP contribution >= 0.6 is 0 Å². The number of imide groups is 1. The number of carbonyl (C=O) groups is 3. The first-order valence-corrected chi connectivity index (χ1v) is 10.4. The Morgan fingerprint density at radius 2 is 1.55 bits per heavy atom. The Bertz CT molecular complexity index is 975. The molecule has 1 N–H and O–H groups in total. The number of amides is 4. The highest BCUT2D eigenvalue weighted by Gasteiger charge is 2.44. The fourth-order valence-corrected chi connectivity index (χ4v) is 3.83. The van der Waals surface area contributed by atoms with E-state index in [1.807, 2.05) is 45.9 Å². The Morgan fingerprint density at radius 1 is 1.00 bits per heavy atom. The van der Waals surface area contributed by atoms with Crippen LogP contribution in [0.15, 0.2) is 42.5 Å². The van der Waals surface area contributed by atoms with E-state index in [9.17, 15) is 18.8 Å². The van der Waals surface area contributed by atoms with Crippen molar-refractivity contribution in [1.29, 1.82) is 0 Å². The van der Waals surface area contributed by atoms with E-state index in [-0.39, 0.29) is 18.4 Å². The number of benzene rings is 2. The standard InChI is InChI=1S/C24H28FN3O3/c1-14(2)19-7-6-8-20(15(3)4)22(19)26-21(29)13-27-23(30)16(5)28(24(27)31)18-11-9-17(25)10-12-18/h6-12,14-16H,13H2,1-5H3,(H,26,29). The van der Waals surface area contributed by atoms with Crippen molar-refractivity contribution in [3.05, 3.63) is 59.4 Å². The Balaban J connectivity index is 1.82. The van der Waals surface area contributed by atoms with Gasteiger partial charge in [-0.2, -0.15) is 0 Å². The van der Waals surface area contributed by atoms with Gasteiger partial charge >= 0.3 is 6.03 Å². The molecule has 0 bridgehead atoms. The molecule has 1 unspecified atom stereocenters. The SMILES string of the molecule is CC(C)c1cccc(C(C)C)c1NC(=O)CN1C(=O)C(C)N(c2ccc(F)cc2)C1=O. The molecule has 0 radical (unpaired) electrons. The largest absolute Gasteiger partial charge is 0.332 e. The molecule has 2 aromatic rings. The van der Waals surface area contributed by atoms with Crippen LogP contribution in [0.25, 0.3) is 0 Å². The van der Waals surface area contributed by atoms with Crippen molar-refractivity contribution in [3.8, 4) is 0 Å². The van der Waals surface area contributed by atoms with Gasteiger partial charge in [-0.3, -0.25) is 19.4 Å². The molecule has 0 aliphatic carbocycles. The number of nitrogens with zero attached hydrogens (tertiary/aromatic N) is 2. The third-order valence-electron chi connectivity index (χ3n) is 5.49. The second-order valence-corrected chi connectivity index (χ2v) is 8.40. The van der Waals surface area contributed by atoms with Gasteiger partial charge in [-0.1, -0.05) is 45.9 Å². The van der Waals surface area contributed by atoms with Crippen molar-refractivity contribution in [2.75, 3.05) is 16.8 Å². The highest BCUT2D eigenvalue weighted by molar-refractivity contribution is 6.16. The summed E-state index contributed by atoms with van der Waals surface area (Å²) in [6.45, 7) is 9.39. The minimum atomic E-state index is -0.778. The molecule has 1 aliphatic rings. The molecule has 0 spiro atoms. The molecule has 1 heterocycles. The molecular formula is C24H28FN3O3. The summed E-state index contributed by atoms with van der Waals surface area (Å²) in [4.78, 5) is 40.7. The van der Waals surface area contributed by atoms with Crippen LogP contribution in [0.2, 0.25) is 0 Å². The molecule has 1 saturated heterocycles. The molecule has 1 fully saturated rings. The Kier molecular flexibility index (Phi) is 6.43. The van der Waals surface area contributed by atoms with Crippen LogP contribution in [0.5, 0.6) is 0 Å². The molecule has 7 heteroatoms. The molecule has 3 rings (SSSR count). The zero-order chi connectivity index (χ0) is 22.9. The second-order valence-electron chi connectivity index (χ2n) is 8.40. The maximum absolute atomic E-state index is 13.2. The molecule has 164 valence electrons. The van der Waals surface area contributed by atoms with E-state index in [2.05, 4.69) is 5.32 Å². The van der Waals surface area contributed by atoms with E-state index in [1.54, 1.807) is 6.92 Å². The molecule has 1 aliphatic heterocycles. The van der Waals surface area contributed by atoms with Crippen molar-refractivity contribution >= 4 is 29.2 Å². The summed E-state index contributed by atoms with van der Waals surface area (Å²) in [5.74, 6) is -0.956. The lowest BCUT2D eigenvalue weighted by molar-refractivity contribution is -0.130. The van der Waals surface area contributed by atoms with E-state index >= 15 is 0 Å². The van der Waals surface area contributed by atoms with Crippen LogP contribution in [-0.2, 0) is 9.59 Å². The van der Waals surface area contributed by atoms with Crippen LogP contribution < -0.4 is 10.2 Å². The molecule has 31 heavy (non-hydrogen) atoms. The van der Waals surface area contributed by atoms with Gasteiger partial charge in [0.25, 0.3) is 5.91 Å². The van der Waals surface area contributed by atoms with E-state index in [0.717, 1.165) is 21.7 Å². The molecule has 0 aromatic heterocycles. The molecule has 4 amide bonds. The van der Waals surface area contributed by atoms with Gasteiger partial charge in [0.15, 0.2) is 0 Å². The van der Waals surface area contributed by atoms with Gasteiger partial charge in [0.2, 0.25) is 5.91 Å². The first kappa shape index (κ1) is 22.5. The second kappa shape index (κ2) is 8.88. The van der Waals surface area contributed by atoms with Gasteiger partial charge in [0.1, 0.15) is 18.4 Å². The minimum Gasteiger partial charge on any atom is -0.324 e. The van der Waals surface area contributed by atoms with Gasteiger partial charge in [-0.05, 0) is 54.2 Å². The van der Waals surface area contributed by atoms with Gasteiger partial charge < -0.3 is 5.32 Å². The first-order chi connectivity index (χ1) is 14.6. The lowest BCUT2D eigenvalue weighted by Gasteiger charge is -2.21. The first-order valence-electron chi connectivity index (χ1n) is 10.4.